The number of ether oxygens (including phenoxy) is 1. The Hall–Kier alpha value is -2.28. The van der Waals surface area contributed by atoms with Crippen LogP contribution < -0.4 is 0 Å². The lowest BCUT2D eigenvalue weighted by atomic mass is 9.83. The Morgan fingerprint density at radius 2 is 1.86 bits per heavy atom. The number of azo groups is 1. The summed E-state index contributed by atoms with van der Waals surface area (Å²) in [4.78, 5) is 13.6. The molecule has 7 nitrogen and oxygen atoms in total. The Morgan fingerprint density at radius 3 is 2.47 bits per heavy atom. The molecule has 0 spiro atoms. The first-order valence-electron chi connectivity index (χ1n) is 10.5. The molecule has 0 N–H and O–H groups in total. The summed E-state index contributed by atoms with van der Waals surface area (Å²) in [7, 11) is -3.53. The fourth-order valence-corrected chi connectivity index (χ4v) is 5.27. The number of nitrogens with zero attached hydrogens (tertiary/aromatic N) is 3. The summed E-state index contributed by atoms with van der Waals surface area (Å²) < 4.78 is 85.1. The number of amides is 1. The number of alkyl halides is 3. The highest BCUT2D eigenvalue weighted by atomic mass is 35.5. The van der Waals surface area contributed by atoms with Crippen LogP contribution in [-0.4, -0.2) is 44.1 Å². The standard InChI is InChI=1S/C22H19Cl2F4N3O4S/c1-36(33,34)10-19(32)31-8-13-3-2-12(4-14(13)9-35-11-31)18-7-21(30-29-18,22(26,27)28)15-5-16(23)20(25)17(24)6-15/h2-6,18H,7-11H2,1H3. The van der Waals surface area contributed by atoms with Gasteiger partial charge < -0.3 is 9.64 Å². The minimum absolute atomic E-state index is 0.0588. The molecule has 1 amide bonds. The van der Waals surface area contributed by atoms with Crippen molar-refractivity contribution < 1.29 is 35.5 Å². The number of rotatable bonds is 4. The van der Waals surface area contributed by atoms with Gasteiger partial charge in [-0.1, -0.05) is 41.4 Å². The Labute approximate surface area is 214 Å². The zero-order valence-electron chi connectivity index (χ0n) is 18.7. The van der Waals surface area contributed by atoms with E-state index in [0.717, 1.165) is 18.4 Å². The molecule has 0 radical (unpaired) electrons. The van der Waals surface area contributed by atoms with Crippen LogP contribution in [0.2, 0.25) is 10.0 Å². The van der Waals surface area contributed by atoms with Crippen LogP contribution in [0.3, 0.4) is 0 Å². The van der Waals surface area contributed by atoms with Gasteiger partial charge in [0.05, 0.1) is 22.7 Å². The van der Waals surface area contributed by atoms with Crippen LogP contribution in [0.5, 0.6) is 0 Å². The smallest absolute Gasteiger partial charge is 0.356 e. The van der Waals surface area contributed by atoms with Gasteiger partial charge in [-0.05, 0) is 34.4 Å². The summed E-state index contributed by atoms with van der Waals surface area (Å²) in [5.41, 5.74) is -1.48. The second-order valence-corrected chi connectivity index (χ2v) is 11.7. The van der Waals surface area contributed by atoms with E-state index >= 15 is 0 Å². The van der Waals surface area contributed by atoms with Crippen LogP contribution in [0.25, 0.3) is 0 Å². The van der Waals surface area contributed by atoms with Crippen LogP contribution in [0, 0.1) is 5.82 Å². The van der Waals surface area contributed by atoms with Gasteiger partial charge in [-0.25, -0.2) is 12.8 Å². The Morgan fingerprint density at radius 1 is 1.19 bits per heavy atom. The normalized spacial score (nSPS) is 22.4. The van der Waals surface area contributed by atoms with E-state index in [-0.39, 0.29) is 19.9 Å². The zero-order valence-corrected chi connectivity index (χ0v) is 21.0. The van der Waals surface area contributed by atoms with Gasteiger partial charge in [-0.3, -0.25) is 4.79 Å². The molecule has 4 rings (SSSR count). The third-order valence-electron chi connectivity index (χ3n) is 6.01. The summed E-state index contributed by atoms with van der Waals surface area (Å²) >= 11 is 11.5. The minimum Gasteiger partial charge on any atom is -0.356 e. The summed E-state index contributed by atoms with van der Waals surface area (Å²) in [6, 6.07) is 5.56. The summed E-state index contributed by atoms with van der Waals surface area (Å²) in [5, 5.41) is 6.37. The van der Waals surface area contributed by atoms with Crippen LogP contribution in [0.4, 0.5) is 17.6 Å². The Kier molecular flexibility index (Phi) is 7.10. The Balaban J connectivity index is 1.61. The predicted octanol–water partition coefficient (Wildman–Crippen LogP) is 5.35. The largest absolute Gasteiger partial charge is 0.419 e. The van der Waals surface area contributed by atoms with E-state index < -0.39 is 67.1 Å². The second-order valence-electron chi connectivity index (χ2n) is 8.71. The average molecular weight is 568 g/mol. The van der Waals surface area contributed by atoms with Gasteiger partial charge in [0, 0.05) is 19.2 Å². The van der Waals surface area contributed by atoms with Crippen molar-refractivity contribution in [2.45, 2.75) is 37.3 Å². The van der Waals surface area contributed by atoms with Gasteiger partial charge in [0.15, 0.2) is 15.7 Å². The first-order chi connectivity index (χ1) is 16.7. The molecule has 2 unspecified atom stereocenters. The molecule has 0 bridgehead atoms. The first-order valence-corrected chi connectivity index (χ1v) is 13.3. The van der Waals surface area contributed by atoms with Gasteiger partial charge in [-0.2, -0.15) is 23.4 Å². The van der Waals surface area contributed by atoms with Crippen molar-refractivity contribution in [1.29, 1.82) is 0 Å². The van der Waals surface area contributed by atoms with Gasteiger partial charge in [0.25, 0.3) is 0 Å². The van der Waals surface area contributed by atoms with Crippen molar-refractivity contribution in [2.24, 2.45) is 10.2 Å². The van der Waals surface area contributed by atoms with Crippen molar-refractivity contribution in [3.05, 3.63) is 68.4 Å². The SMILES string of the molecule is CS(=O)(=O)CC(=O)N1COCc2cc(C3CC(c4cc(Cl)c(F)c(Cl)c4)(C(F)(F)F)N=N3)ccc2C1. The van der Waals surface area contributed by atoms with Crippen molar-refractivity contribution in [2.75, 3.05) is 18.7 Å². The van der Waals surface area contributed by atoms with Gasteiger partial charge in [0.1, 0.15) is 12.5 Å². The monoisotopic (exact) mass is 567 g/mol. The molecular formula is C22H19Cl2F4N3O4S. The quantitative estimate of drug-likeness (QED) is 0.368. The summed E-state index contributed by atoms with van der Waals surface area (Å²) in [6.07, 6.45) is -4.51. The Bertz CT molecular complexity index is 1330. The highest BCUT2D eigenvalue weighted by Crippen LogP contribution is 2.54. The van der Waals surface area contributed by atoms with Crippen LogP contribution in [0.15, 0.2) is 40.6 Å². The summed E-state index contributed by atoms with van der Waals surface area (Å²) in [6.45, 7) is 0.00325. The van der Waals surface area contributed by atoms with E-state index in [1.165, 1.54) is 4.90 Å². The number of carbonyl (C=O) groups is 1. The average Bonchev–Trinajstić information content (AvgIpc) is 3.12. The maximum atomic E-state index is 14.3. The van der Waals surface area contributed by atoms with Crippen LogP contribution >= 0.6 is 23.2 Å². The first kappa shape index (κ1) is 26.8. The van der Waals surface area contributed by atoms with Crippen molar-refractivity contribution in [3.8, 4) is 0 Å². The predicted molar refractivity (Wildman–Crippen MR) is 123 cm³/mol. The van der Waals surface area contributed by atoms with Crippen molar-refractivity contribution >= 4 is 38.9 Å². The second kappa shape index (κ2) is 9.55. The number of sulfone groups is 1. The fourth-order valence-electron chi connectivity index (χ4n) is 4.15. The van der Waals surface area contributed by atoms with Crippen LogP contribution in [0.1, 0.15) is 34.7 Å². The molecule has 2 aliphatic rings. The molecule has 0 saturated carbocycles. The third-order valence-corrected chi connectivity index (χ3v) is 7.33. The summed E-state index contributed by atoms with van der Waals surface area (Å²) in [5.74, 6) is -2.31. The highest BCUT2D eigenvalue weighted by Gasteiger charge is 2.60. The number of fused-ring (bicyclic) bond motifs is 1. The topological polar surface area (TPSA) is 88.4 Å². The maximum Gasteiger partial charge on any atom is 0.419 e. The molecule has 0 aliphatic carbocycles. The minimum atomic E-state index is -4.87. The van der Waals surface area contributed by atoms with Gasteiger partial charge in [-0.15, -0.1) is 0 Å². The fraction of sp³-hybridized carbons (Fsp3) is 0.409. The molecule has 194 valence electrons. The molecule has 2 aliphatic heterocycles. The van der Waals surface area contributed by atoms with E-state index in [2.05, 4.69) is 10.2 Å². The van der Waals surface area contributed by atoms with Gasteiger partial charge in [0.2, 0.25) is 11.4 Å². The number of carbonyl (C=O) groups excluding carboxylic acids is 1. The lowest BCUT2D eigenvalue weighted by Crippen LogP contribution is -2.39. The molecule has 2 aromatic carbocycles. The third kappa shape index (κ3) is 5.22. The lowest BCUT2D eigenvalue weighted by Gasteiger charge is -2.29. The van der Waals surface area contributed by atoms with E-state index in [0.29, 0.717) is 16.7 Å². The van der Waals surface area contributed by atoms with Crippen molar-refractivity contribution in [3.63, 3.8) is 0 Å². The number of benzene rings is 2. The molecule has 14 heteroatoms. The molecule has 2 atom stereocenters. The van der Waals surface area contributed by atoms with E-state index in [1.54, 1.807) is 18.2 Å². The van der Waals surface area contributed by atoms with E-state index in [1.807, 2.05) is 0 Å². The number of halogens is 6. The van der Waals surface area contributed by atoms with Gasteiger partial charge >= 0.3 is 6.18 Å². The number of hydrogen-bond acceptors (Lipinski definition) is 6. The molecule has 2 heterocycles. The molecule has 2 aromatic rings. The van der Waals surface area contributed by atoms with E-state index in [9.17, 15) is 30.8 Å². The molecule has 0 fully saturated rings. The number of hydrogen-bond donors (Lipinski definition) is 0. The molecule has 36 heavy (non-hydrogen) atoms. The van der Waals surface area contributed by atoms with Crippen LogP contribution in [-0.2, 0) is 38.1 Å². The van der Waals surface area contributed by atoms with Crippen molar-refractivity contribution in [1.82, 2.24) is 4.90 Å². The molecular weight excluding hydrogens is 549 g/mol. The molecule has 0 saturated heterocycles. The highest BCUT2D eigenvalue weighted by molar-refractivity contribution is 7.91. The maximum absolute atomic E-state index is 14.3. The van der Waals surface area contributed by atoms with E-state index in [4.69, 9.17) is 27.9 Å². The molecule has 0 aromatic heterocycles. The zero-order chi connectivity index (χ0) is 26.5. The lowest BCUT2D eigenvalue weighted by molar-refractivity contribution is -0.188.